The molecule has 0 fully saturated rings. The molecular weight excluding hydrogens is 186 g/mol. The lowest BCUT2D eigenvalue weighted by molar-refractivity contribution is 1.16. The van der Waals surface area contributed by atoms with Crippen molar-refractivity contribution in [3.8, 4) is 11.5 Å². The van der Waals surface area contributed by atoms with Crippen molar-refractivity contribution in [2.75, 3.05) is 0 Å². The van der Waals surface area contributed by atoms with E-state index in [1.54, 1.807) is 18.5 Å². The summed E-state index contributed by atoms with van der Waals surface area (Å²) >= 11 is 0. The van der Waals surface area contributed by atoms with Crippen molar-refractivity contribution >= 4 is 10.9 Å². The third-order valence-corrected chi connectivity index (χ3v) is 2.27. The van der Waals surface area contributed by atoms with Crippen LogP contribution in [0.5, 0.6) is 0 Å². The predicted molar refractivity (Wildman–Crippen MR) is 58.2 cm³/mol. The number of nitrogens with zero attached hydrogens (tertiary/aromatic N) is 2. The second-order valence-electron chi connectivity index (χ2n) is 3.27. The topological polar surface area (TPSA) is 41.6 Å². The second kappa shape index (κ2) is 3.20. The number of benzene rings is 1. The summed E-state index contributed by atoms with van der Waals surface area (Å²) in [7, 11) is 0. The molecule has 1 N–H and O–H groups in total. The van der Waals surface area contributed by atoms with Crippen molar-refractivity contribution in [2.24, 2.45) is 0 Å². The summed E-state index contributed by atoms with van der Waals surface area (Å²) in [5.41, 5.74) is 2.02. The quantitative estimate of drug-likeness (QED) is 0.646. The molecule has 0 unspecified atom stereocenters. The minimum atomic E-state index is 0.716. The molecule has 3 aromatic rings. The molecule has 3 rings (SSSR count). The van der Waals surface area contributed by atoms with Gasteiger partial charge in [0.25, 0.3) is 0 Å². The lowest BCUT2D eigenvalue weighted by atomic mass is 10.2. The first-order chi connectivity index (χ1) is 7.43. The van der Waals surface area contributed by atoms with E-state index in [0.29, 0.717) is 5.82 Å². The Morgan fingerprint density at radius 2 is 2.07 bits per heavy atom. The molecule has 0 spiro atoms. The fourth-order valence-electron chi connectivity index (χ4n) is 1.57. The third-order valence-electron chi connectivity index (χ3n) is 2.27. The van der Waals surface area contributed by atoms with Gasteiger partial charge < -0.3 is 4.98 Å². The summed E-state index contributed by atoms with van der Waals surface area (Å²) in [6.07, 6.45) is 3.47. The first kappa shape index (κ1) is 8.17. The third kappa shape index (κ3) is 1.38. The smallest absolute Gasteiger partial charge is 0.175 e. The standard InChI is InChI=1S/C12H8N3/c1-2-5-10-9(4-1)8-11(15-10)12-13-6-3-7-14-12/h2-8,15H. The van der Waals surface area contributed by atoms with Gasteiger partial charge in [-0.25, -0.2) is 9.97 Å². The summed E-state index contributed by atoms with van der Waals surface area (Å²) in [5, 5.41) is 1.12. The predicted octanol–water partition coefficient (Wildman–Crippen LogP) is 2.43. The minimum Gasteiger partial charge on any atom is -0.352 e. The molecule has 15 heavy (non-hydrogen) atoms. The van der Waals surface area contributed by atoms with Crippen LogP contribution < -0.4 is 0 Å². The number of rotatable bonds is 1. The van der Waals surface area contributed by atoms with Crippen LogP contribution in [0.25, 0.3) is 22.4 Å². The molecule has 2 heterocycles. The van der Waals surface area contributed by atoms with Crippen molar-refractivity contribution in [2.45, 2.75) is 0 Å². The molecule has 0 amide bonds. The number of aromatic amines is 1. The maximum absolute atomic E-state index is 4.19. The van der Waals surface area contributed by atoms with Crippen LogP contribution in [0.3, 0.4) is 0 Å². The Kier molecular flexibility index (Phi) is 1.75. The van der Waals surface area contributed by atoms with Gasteiger partial charge in [0.2, 0.25) is 0 Å². The zero-order valence-corrected chi connectivity index (χ0v) is 7.94. The van der Waals surface area contributed by atoms with Crippen LogP contribution in [0, 0.1) is 6.07 Å². The van der Waals surface area contributed by atoms with Gasteiger partial charge in [0.05, 0.1) is 5.69 Å². The van der Waals surface area contributed by atoms with E-state index in [9.17, 15) is 0 Å². The van der Waals surface area contributed by atoms with Crippen molar-refractivity contribution < 1.29 is 0 Å². The number of aromatic nitrogens is 3. The van der Waals surface area contributed by atoms with Gasteiger partial charge >= 0.3 is 0 Å². The monoisotopic (exact) mass is 194 g/mol. The molecule has 0 aliphatic heterocycles. The number of nitrogens with one attached hydrogen (secondary N) is 1. The maximum atomic E-state index is 4.19. The molecule has 71 valence electrons. The molecule has 0 bridgehead atoms. The zero-order valence-electron chi connectivity index (χ0n) is 7.94. The summed E-state index contributed by atoms with van der Waals surface area (Å²) in [4.78, 5) is 11.7. The largest absolute Gasteiger partial charge is 0.352 e. The van der Waals surface area contributed by atoms with Crippen LogP contribution in [0.2, 0.25) is 0 Å². The van der Waals surface area contributed by atoms with Gasteiger partial charge in [-0.05, 0) is 30.3 Å². The van der Waals surface area contributed by atoms with Crippen LogP contribution in [0.4, 0.5) is 0 Å². The molecule has 0 aliphatic carbocycles. The molecule has 1 aromatic carbocycles. The van der Waals surface area contributed by atoms with E-state index in [4.69, 9.17) is 0 Å². The van der Waals surface area contributed by atoms with Gasteiger partial charge in [0.15, 0.2) is 5.82 Å². The summed E-state index contributed by atoms with van der Waals surface area (Å²) in [6, 6.07) is 12.7. The van der Waals surface area contributed by atoms with E-state index in [1.807, 2.05) is 24.3 Å². The summed E-state index contributed by atoms with van der Waals surface area (Å²) in [5.74, 6) is 0.716. The van der Waals surface area contributed by atoms with Crippen LogP contribution in [0.1, 0.15) is 0 Å². The molecule has 0 saturated heterocycles. The lowest BCUT2D eigenvalue weighted by Crippen LogP contribution is -1.85. The molecule has 0 atom stereocenters. The molecule has 3 heteroatoms. The van der Waals surface area contributed by atoms with Crippen LogP contribution in [-0.4, -0.2) is 15.0 Å². The van der Waals surface area contributed by atoms with Gasteiger partial charge in [-0.15, -0.1) is 0 Å². The van der Waals surface area contributed by atoms with Gasteiger partial charge in [-0.1, -0.05) is 6.07 Å². The van der Waals surface area contributed by atoms with E-state index in [-0.39, 0.29) is 0 Å². The Balaban J connectivity index is 2.21. The maximum Gasteiger partial charge on any atom is 0.175 e. The number of fused-ring (bicyclic) bond motifs is 1. The Morgan fingerprint density at radius 1 is 1.20 bits per heavy atom. The van der Waals surface area contributed by atoms with E-state index >= 15 is 0 Å². The van der Waals surface area contributed by atoms with Gasteiger partial charge in [-0.3, -0.25) is 0 Å². The average molecular weight is 194 g/mol. The average Bonchev–Trinajstić information content (AvgIpc) is 2.74. The fraction of sp³-hybridized carbons (Fsp3) is 0. The Morgan fingerprint density at radius 3 is 2.87 bits per heavy atom. The summed E-state index contributed by atoms with van der Waals surface area (Å²) < 4.78 is 0. The van der Waals surface area contributed by atoms with E-state index in [1.165, 1.54) is 0 Å². The van der Waals surface area contributed by atoms with Crippen molar-refractivity contribution in [3.05, 3.63) is 48.8 Å². The second-order valence-corrected chi connectivity index (χ2v) is 3.27. The first-order valence-corrected chi connectivity index (χ1v) is 4.70. The van der Waals surface area contributed by atoms with Crippen LogP contribution in [0.15, 0.2) is 42.7 Å². The minimum absolute atomic E-state index is 0.716. The highest BCUT2D eigenvalue weighted by Crippen LogP contribution is 2.20. The van der Waals surface area contributed by atoms with Crippen molar-refractivity contribution in [1.29, 1.82) is 0 Å². The summed E-state index contributed by atoms with van der Waals surface area (Å²) in [6.45, 7) is 0. The zero-order chi connectivity index (χ0) is 10.1. The van der Waals surface area contributed by atoms with Gasteiger partial charge in [0.1, 0.15) is 0 Å². The molecule has 0 saturated carbocycles. The van der Waals surface area contributed by atoms with E-state index in [2.05, 4.69) is 21.0 Å². The SMILES string of the molecule is [c]1ccc2[nH]c(-c3ncccn3)cc2c1. The van der Waals surface area contributed by atoms with Gasteiger partial charge in [-0.2, -0.15) is 0 Å². The lowest BCUT2D eigenvalue weighted by Gasteiger charge is -1.92. The first-order valence-electron chi connectivity index (χ1n) is 4.70. The Hall–Kier alpha value is -2.16. The van der Waals surface area contributed by atoms with Gasteiger partial charge in [0, 0.05) is 23.3 Å². The highest BCUT2D eigenvalue weighted by molar-refractivity contribution is 5.84. The highest BCUT2D eigenvalue weighted by Gasteiger charge is 2.03. The number of hydrogen-bond acceptors (Lipinski definition) is 2. The molecular formula is C12H8N3. The fourth-order valence-corrected chi connectivity index (χ4v) is 1.57. The molecule has 3 nitrogen and oxygen atoms in total. The number of hydrogen-bond donors (Lipinski definition) is 1. The van der Waals surface area contributed by atoms with Crippen molar-refractivity contribution in [3.63, 3.8) is 0 Å². The van der Waals surface area contributed by atoms with E-state index < -0.39 is 0 Å². The molecule has 1 radical (unpaired) electrons. The van der Waals surface area contributed by atoms with Crippen molar-refractivity contribution in [1.82, 2.24) is 15.0 Å². The Labute approximate surface area is 86.8 Å². The normalized spacial score (nSPS) is 10.7. The number of H-pyrrole nitrogens is 1. The Bertz CT molecular complexity index is 551. The molecule has 2 aromatic heterocycles. The highest BCUT2D eigenvalue weighted by atomic mass is 14.9. The molecule has 0 aliphatic rings. The van der Waals surface area contributed by atoms with Crippen LogP contribution in [-0.2, 0) is 0 Å². The van der Waals surface area contributed by atoms with E-state index in [0.717, 1.165) is 16.6 Å². The van der Waals surface area contributed by atoms with Crippen LogP contribution >= 0.6 is 0 Å².